The molecule has 1 aromatic heterocycles. The second-order valence-corrected chi connectivity index (χ2v) is 6.50. The molecule has 0 aliphatic rings. The summed E-state index contributed by atoms with van der Waals surface area (Å²) in [6.45, 7) is 2.69. The molecule has 1 heterocycles. The lowest BCUT2D eigenvalue weighted by molar-refractivity contribution is 0.0951. The third-order valence-electron chi connectivity index (χ3n) is 4.27. The standard InChI is InChI=1S/C22H20ClN3O2/c1-2-26(18-9-4-3-5-10-18)22(28)20-14-16(12-13-24-20)21(27)25-15-17-8-6-7-11-19(17)23/h3-14H,2,15H2,1H3,(H,25,27). The van der Waals surface area contributed by atoms with E-state index in [2.05, 4.69) is 10.3 Å². The van der Waals surface area contributed by atoms with Gasteiger partial charge in [0.05, 0.1) is 0 Å². The number of carbonyl (C=O) groups excluding carboxylic acids is 2. The number of para-hydroxylation sites is 1. The summed E-state index contributed by atoms with van der Waals surface area (Å²) in [6.07, 6.45) is 1.47. The number of halogens is 1. The number of nitrogens with zero attached hydrogens (tertiary/aromatic N) is 2. The molecule has 0 saturated carbocycles. The van der Waals surface area contributed by atoms with Gasteiger partial charge in [-0.2, -0.15) is 0 Å². The van der Waals surface area contributed by atoms with Gasteiger partial charge in [0.25, 0.3) is 11.8 Å². The maximum Gasteiger partial charge on any atom is 0.276 e. The molecule has 0 spiro atoms. The van der Waals surface area contributed by atoms with Gasteiger partial charge < -0.3 is 10.2 Å². The van der Waals surface area contributed by atoms with E-state index < -0.39 is 0 Å². The number of hydrogen-bond acceptors (Lipinski definition) is 3. The summed E-state index contributed by atoms with van der Waals surface area (Å²) in [5.74, 6) is -0.548. The molecule has 3 aromatic rings. The Morgan fingerprint density at radius 2 is 1.75 bits per heavy atom. The molecule has 6 heteroatoms. The summed E-state index contributed by atoms with van der Waals surface area (Å²) >= 11 is 6.12. The first kappa shape index (κ1) is 19.6. The molecule has 0 radical (unpaired) electrons. The number of carbonyl (C=O) groups is 2. The number of benzene rings is 2. The van der Waals surface area contributed by atoms with Crippen LogP contribution in [0.25, 0.3) is 0 Å². The van der Waals surface area contributed by atoms with Gasteiger partial charge in [-0.3, -0.25) is 14.6 Å². The zero-order valence-corrected chi connectivity index (χ0v) is 16.2. The fraction of sp³-hybridized carbons (Fsp3) is 0.136. The van der Waals surface area contributed by atoms with E-state index in [1.165, 1.54) is 12.3 Å². The fourth-order valence-electron chi connectivity index (χ4n) is 2.80. The summed E-state index contributed by atoms with van der Waals surface area (Å²) in [4.78, 5) is 31.2. The van der Waals surface area contributed by atoms with Crippen molar-refractivity contribution in [3.8, 4) is 0 Å². The molecule has 0 saturated heterocycles. The fourth-order valence-corrected chi connectivity index (χ4v) is 3.00. The Kier molecular flexibility index (Phi) is 6.40. The minimum Gasteiger partial charge on any atom is -0.348 e. The van der Waals surface area contributed by atoms with Crippen molar-refractivity contribution in [1.82, 2.24) is 10.3 Å². The van der Waals surface area contributed by atoms with Crippen molar-refractivity contribution < 1.29 is 9.59 Å². The third-order valence-corrected chi connectivity index (χ3v) is 4.64. The lowest BCUT2D eigenvalue weighted by Crippen LogP contribution is -2.31. The predicted molar refractivity (Wildman–Crippen MR) is 111 cm³/mol. The van der Waals surface area contributed by atoms with Crippen molar-refractivity contribution in [2.24, 2.45) is 0 Å². The first-order chi connectivity index (χ1) is 13.6. The molecule has 0 aliphatic heterocycles. The van der Waals surface area contributed by atoms with Crippen LogP contribution >= 0.6 is 11.6 Å². The highest BCUT2D eigenvalue weighted by atomic mass is 35.5. The Balaban J connectivity index is 1.75. The van der Waals surface area contributed by atoms with E-state index in [1.54, 1.807) is 17.0 Å². The lowest BCUT2D eigenvalue weighted by Gasteiger charge is -2.20. The molecule has 0 unspecified atom stereocenters. The van der Waals surface area contributed by atoms with Crippen LogP contribution in [0.1, 0.15) is 33.3 Å². The third kappa shape index (κ3) is 4.56. The second kappa shape index (κ2) is 9.15. The molecule has 2 aromatic carbocycles. The van der Waals surface area contributed by atoms with Crippen molar-refractivity contribution >= 4 is 29.1 Å². The van der Waals surface area contributed by atoms with Crippen LogP contribution in [0, 0.1) is 0 Å². The van der Waals surface area contributed by atoms with Crippen LogP contribution in [0.4, 0.5) is 5.69 Å². The largest absolute Gasteiger partial charge is 0.348 e. The molecular weight excluding hydrogens is 374 g/mol. The van der Waals surface area contributed by atoms with E-state index >= 15 is 0 Å². The average molecular weight is 394 g/mol. The van der Waals surface area contributed by atoms with Gasteiger partial charge in [-0.05, 0) is 42.8 Å². The minimum atomic E-state index is -0.292. The van der Waals surface area contributed by atoms with Gasteiger partial charge in [-0.15, -0.1) is 0 Å². The molecule has 0 bridgehead atoms. The normalized spacial score (nSPS) is 10.4. The lowest BCUT2D eigenvalue weighted by atomic mass is 10.1. The van der Waals surface area contributed by atoms with Crippen molar-refractivity contribution in [2.45, 2.75) is 13.5 Å². The highest BCUT2D eigenvalue weighted by molar-refractivity contribution is 6.31. The average Bonchev–Trinajstić information content (AvgIpc) is 2.74. The number of nitrogens with one attached hydrogen (secondary N) is 1. The first-order valence-electron chi connectivity index (χ1n) is 8.94. The van der Waals surface area contributed by atoms with E-state index in [9.17, 15) is 9.59 Å². The quantitative estimate of drug-likeness (QED) is 0.677. The van der Waals surface area contributed by atoms with Crippen LogP contribution < -0.4 is 10.2 Å². The Morgan fingerprint density at radius 1 is 1.04 bits per heavy atom. The van der Waals surface area contributed by atoms with Crippen LogP contribution in [-0.4, -0.2) is 23.3 Å². The van der Waals surface area contributed by atoms with Gasteiger partial charge in [0, 0.05) is 35.6 Å². The van der Waals surface area contributed by atoms with Crippen LogP contribution in [0.2, 0.25) is 5.02 Å². The Hall–Kier alpha value is -3.18. The number of pyridine rings is 1. The minimum absolute atomic E-state index is 0.219. The number of rotatable bonds is 6. The van der Waals surface area contributed by atoms with E-state index in [1.807, 2.05) is 55.5 Å². The second-order valence-electron chi connectivity index (χ2n) is 6.09. The van der Waals surface area contributed by atoms with Gasteiger partial charge in [-0.25, -0.2) is 0 Å². The molecule has 2 amide bonds. The molecule has 1 N–H and O–H groups in total. The zero-order chi connectivity index (χ0) is 19.9. The van der Waals surface area contributed by atoms with E-state index in [-0.39, 0.29) is 17.5 Å². The maximum absolute atomic E-state index is 12.9. The molecule has 0 atom stereocenters. The molecule has 0 aliphatic carbocycles. The van der Waals surface area contributed by atoms with Crippen molar-refractivity contribution in [3.63, 3.8) is 0 Å². The zero-order valence-electron chi connectivity index (χ0n) is 15.4. The van der Waals surface area contributed by atoms with Crippen LogP contribution in [-0.2, 0) is 6.54 Å². The van der Waals surface area contributed by atoms with Crippen LogP contribution in [0.15, 0.2) is 72.9 Å². The van der Waals surface area contributed by atoms with Gasteiger partial charge in [0.15, 0.2) is 0 Å². The Bertz CT molecular complexity index is 976. The van der Waals surface area contributed by atoms with Crippen LogP contribution in [0.3, 0.4) is 0 Å². The van der Waals surface area contributed by atoms with E-state index in [0.717, 1.165) is 11.3 Å². The molecular formula is C22H20ClN3O2. The number of amides is 2. The van der Waals surface area contributed by atoms with Gasteiger partial charge >= 0.3 is 0 Å². The summed E-state index contributed by atoms with van der Waals surface area (Å²) < 4.78 is 0. The molecule has 3 rings (SSSR count). The smallest absolute Gasteiger partial charge is 0.276 e. The summed E-state index contributed by atoms with van der Waals surface area (Å²) in [6, 6.07) is 19.8. The van der Waals surface area contributed by atoms with Gasteiger partial charge in [-0.1, -0.05) is 48.0 Å². The van der Waals surface area contributed by atoms with Crippen LogP contribution in [0.5, 0.6) is 0 Å². The summed E-state index contributed by atoms with van der Waals surface area (Å²) in [7, 11) is 0. The monoisotopic (exact) mass is 393 g/mol. The SMILES string of the molecule is CCN(C(=O)c1cc(C(=O)NCc2ccccc2Cl)ccn1)c1ccccc1. The van der Waals surface area contributed by atoms with E-state index in [0.29, 0.717) is 23.7 Å². The Morgan fingerprint density at radius 3 is 2.46 bits per heavy atom. The van der Waals surface area contributed by atoms with Gasteiger partial charge in [0.1, 0.15) is 5.69 Å². The van der Waals surface area contributed by atoms with E-state index in [4.69, 9.17) is 11.6 Å². The molecule has 5 nitrogen and oxygen atoms in total. The van der Waals surface area contributed by atoms with Crippen molar-refractivity contribution in [2.75, 3.05) is 11.4 Å². The first-order valence-corrected chi connectivity index (χ1v) is 9.32. The summed E-state index contributed by atoms with van der Waals surface area (Å²) in [5, 5.41) is 3.41. The number of aromatic nitrogens is 1. The number of anilines is 1. The van der Waals surface area contributed by atoms with Gasteiger partial charge in [0.2, 0.25) is 0 Å². The predicted octanol–water partition coefficient (Wildman–Crippen LogP) is 4.33. The summed E-state index contributed by atoms with van der Waals surface area (Å²) in [5.41, 5.74) is 2.19. The molecule has 28 heavy (non-hydrogen) atoms. The number of hydrogen-bond donors (Lipinski definition) is 1. The van der Waals surface area contributed by atoms with Crippen molar-refractivity contribution in [3.05, 3.63) is 94.8 Å². The highest BCUT2D eigenvalue weighted by Crippen LogP contribution is 2.17. The maximum atomic E-state index is 12.9. The Labute approximate surface area is 169 Å². The topological polar surface area (TPSA) is 62.3 Å². The van der Waals surface area contributed by atoms with Crippen molar-refractivity contribution in [1.29, 1.82) is 0 Å². The molecule has 142 valence electrons. The molecule has 0 fully saturated rings. The highest BCUT2D eigenvalue weighted by Gasteiger charge is 2.18.